The van der Waals surface area contributed by atoms with Crippen LogP contribution < -0.4 is 10.6 Å². The molecule has 3 aromatic rings. The van der Waals surface area contributed by atoms with Crippen molar-refractivity contribution in [1.82, 2.24) is 15.5 Å². The van der Waals surface area contributed by atoms with Crippen LogP contribution in [-0.2, 0) is 17.6 Å². The molecule has 0 saturated carbocycles. The first-order chi connectivity index (χ1) is 14.0. The molecule has 3 N–H and O–H groups in total. The molecule has 29 heavy (non-hydrogen) atoms. The lowest BCUT2D eigenvalue weighted by Gasteiger charge is -2.15. The van der Waals surface area contributed by atoms with E-state index in [1.807, 2.05) is 19.9 Å². The summed E-state index contributed by atoms with van der Waals surface area (Å²) >= 11 is 0. The molecule has 0 aliphatic rings. The van der Waals surface area contributed by atoms with Gasteiger partial charge in [-0.2, -0.15) is 5.10 Å². The van der Waals surface area contributed by atoms with E-state index in [1.165, 1.54) is 6.07 Å². The quantitative estimate of drug-likeness (QED) is 0.570. The number of carbonyl (C=O) groups is 2. The molecule has 1 heterocycles. The number of aromatic nitrogens is 2. The molecule has 0 aliphatic carbocycles. The van der Waals surface area contributed by atoms with Gasteiger partial charge in [-0.05, 0) is 48.7 Å². The monoisotopic (exact) mass is 394 g/mol. The number of amides is 2. The number of rotatable bonds is 7. The molecule has 7 heteroatoms. The second-order valence-corrected chi connectivity index (χ2v) is 6.77. The molecule has 3 rings (SSSR count). The van der Waals surface area contributed by atoms with Crippen LogP contribution in [0.15, 0.2) is 54.6 Å². The van der Waals surface area contributed by atoms with Gasteiger partial charge in [0.15, 0.2) is 0 Å². The molecular weight excluding hydrogens is 371 g/mol. The second kappa shape index (κ2) is 9.14. The van der Waals surface area contributed by atoms with E-state index in [0.29, 0.717) is 16.9 Å². The van der Waals surface area contributed by atoms with Crippen molar-refractivity contribution in [3.05, 3.63) is 82.9 Å². The lowest BCUT2D eigenvalue weighted by atomic mass is 10.1. The number of hydrogen-bond acceptors (Lipinski definition) is 3. The molecule has 0 radical (unpaired) electrons. The van der Waals surface area contributed by atoms with Gasteiger partial charge < -0.3 is 10.6 Å². The number of nitrogens with one attached hydrogen (secondary N) is 3. The predicted molar refractivity (Wildman–Crippen MR) is 109 cm³/mol. The number of aryl methyl sites for hydroxylation is 1. The number of nitrogens with zero attached hydrogens (tertiary/aromatic N) is 1. The third-order valence-electron chi connectivity index (χ3n) is 4.57. The molecule has 0 aliphatic heterocycles. The molecule has 1 atom stereocenters. The standard InChI is InChI=1S/C22H23FN4O2/c1-3-17-13-20(27-26-17)22(29)24-14(2)15-8-6-9-18(11-15)25-21(28)12-16-7-4-5-10-19(16)23/h4-11,13-14H,3,12H2,1-2H3,(H,24,29)(H,25,28)(H,26,27). The molecule has 0 fully saturated rings. The van der Waals surface area contributed by atoms with Gasteiger partial charge in [-0.15, -0.1) is 0 Å². The Morgan fingerprint density at radius 2 is 1.93 bits per heavy atom. The van der Waals surface area contributed by atoms with Crippen molar-refractivity contribution in [3.8, 4) is 0 Å². The molecule has 0 spiro atoms. The van der Waals surface area contributed by atoms with E-state index in [2.05, 4.69) is 20.8 Å². The highest BCUT2D eigenvalue weighted by molar-refractivity contribution is 5.93. The first-order valence-corrected chi connectivity index (χ1v) is 9.44. The molecule has 0 bridgehead atoms. The average molecular weight is 394 g/mol. The Morgan fingerprint density at radius 1 is 1.14 bits per heavy atom. The predicted octanol–water partition coefficient (Wildman–Crippen LogP) is 3.78. The maximum atomic E-state index is 13.7. The van der Waals surface area contributed by atoms with Crippen molar-refractivity contribution >= 4 is 17.5 Å². The molecule has 150 valence electrons. The number of H-pyrrole nitrogens is 1. The van der Waals surface area contributed by atoms with Crippen molar-refractivity contribution in [2.75, 3.05) is 5.32 Å². The molecule has 1 unspecified atom stereocenters. The van der Waals surface area contributed by atoms with Gasteiger partial charge in [0.05, 0.1) is 12.5 Å². The number of carbonyl (C=O) groups excluding carboxylic acids is 2. The van der Waals surface area contributed by atoms with E-state index in [4.69, 9.17) is 0 Å². The summed E-state index contributed by atoms with van der Waals surface area (Å²) in [5.41, 5.74) is 2.98. The summed E-state index contributed by atoms with van der Waals surface area (Å²) in [6.07, 6.45) is 0.715. The van der Waals surface area contributed by atoms with Crippen LogP contribution in [0, 0.1) is 5.82 Å². The third kappa shape index (κ3) is 5.28. The largest absolute Gasteiger partial charge is 0.344 e. The highest BCUT2D eigenvalue weighted by Gasteiger charge is 2.15. The van der Waals surface area contributed by atoms with Crippen LogP contribution in [0.4, 0.5) is 10.1 Å². The lowest BCUT2D eigenvalue weighted by Crippen LogP contribution is -2.27. The maximum Gasteiger partial charge on any atom is 0.272 e. The number of halogens is 1. The molecular formula is C22H23FN4O2. The van der Waals surface area contributed by atoms with Crippen molar-refractivity contribution in [1.29, 1.82) is 0 Å². The minimum atomic E-state index is -0.405. The molecule has 0 saturated heterocycles. The minimum absolute atomic E-state index is 0.0535. The number of benzene rings is 2. The number of anilines is 1. The van der Waals surface area contributed by atoms with Crippen LogP contribution in [-0.4, -0.2) is 22.0 Å². The fourth-order valence-electron chi connectivity index (χ4n) is 2.92. The van der Waals surface area contributed by atoms with E-state index in [0.717, 1.165) is 17.7 Å². The summed E-state index contributed by atoms with van der Waals surface area (Å²) in [4.78, 5) is 24.6. The zero-order valence-corrected chi connectivity index (χ0v) is 16.3. The average Bonchev–Trinajstić information content (AvgIpc) is 3.19. The zero-order valence-electron chi connectivity index (χ0n) is 16.3. The van der Waals surface area contributed by atoms with E-state index in [-0.39, 0.29) is 24.3 Å². The van der Waals surface area contributed by atoms with Crippen molar-refractivity contribution in [2.45, 2.75) is 32.7 Å². The Kier molecular flexibility index (Phi) is 6.39. The SMILES string of the molecule is CCc1cc(C(=O)NC(C)c2cccc(NC(=O)Cc3ccccc3F)c2)n[nH]1. The van der Waals surface area contributed by atoms with Gasteiger partial charge >= 0.3 is 0 Å². The molecule has 2 amide bonds. The molecule has 2 aromatic carbocycles. The van der Waals surface area contributed by atoms with Gasteiger partial charge in [0.25, 0.3) is 5.91 Å². The van der Waals surface area contributed by atoms with Crippen LogP contribution in [0.1, 0.15) is 47.2 Å². The summed E-state index contributed by atoms with van der Waals surface area (Å²) in [7, 11) is 0. The Balaban J connectivity index is 1.63. The molecule has 6 nitrogen and oxygen atoms in total. The summed E-state index contributed by atoms with van der Waals surface area (Å²) in [5, 5.41) is 12.5. The van der Waals surface area contributed by atoms with Crippen LogP contribution in [0.2, 0.25) is 0 Å². The fraction of sp³-hybridized carbons (Fsp3) is 0.227. The lowest BCUT2D eigenvalue weighted by molar-refractivity contribution is -0.115. The van der Waals surface area contributed by atoms with Crippen molar-refractivity contribution in [3.63, 3.8) is 0 Å². The summed E-state index contributed by atoms with van der Waals surface area (Å²) in [5.74, 6) is -0.993. The summed E-state index contributed by atoms with van der Waals surface area (Å²) in [6.45, 7) is 3.83. The first-order valence-electron chi connectivity index (χ1n) is 9.44. The Labute approximate surface area is 168 Å². The van der Waals surface area contributed by atoms with Gasteiger partial charge in [-0.1, -0.05) is 37.3 Å². The Morgan fingerprint density at radius 3 is 2.66 bits per heavy atom. The minimum Gasteiger partial charge on any atom is -0.344 e. The highest BCUT2D eigenvalue weighted by Crippen LogP contribution is 2.18. The van der Waals surface area contributed by atoms with Crippen LogP contribution in [0.5, 0.6) is 0 Å². The van der Waals surface area contributed by atoms with Gasteiger partial charge in [-0.3, -0.25) is 14.7 Å². The Hall–Kier alpha value is -3.48. The van der Waals surface area contributed by atoms with Crippen LogP contribution in [0.25, 0.3) is 0 Å². The first kappa shape index (κ1) is 20.3. The van der Waals surface area contributed by atoms with Gasteiger partial charge in [0, 0.05) is 11.4 Å². The number of hydrogen-bond donors (Lipinski definition) is 3. The molecule has 1 aromatic heterocycles. The smallest absolute Gasteiger partial charge is 0.272 e. The van der Waals surface area contributed by atoms with Crippen LogP contribution >= 0.6 is 0 Å². The van der Waals surface area contributed by atoms with Crippen molar-refractivity contribution in [2.24, 2.45) is 0 Å². The topological polar surface area (TPSA) is 86.9 Å². The maximum absolute atomic E-state index is 13.7. The highest BCUT2D eigenvalue weighted by atomic mass is 19.1. The summed E-state index contributed by atoms with van der Waals surface area (Å²) in [6, 6.07) is 14.8. The zero-order chi connectivity index (χ0) is 20.8. The van der Waals surface area contributed by atoms with E-state index in [1.54, 1.807) is 42.5 Å². The summed E-state index contributed by atoms with van der Waals surface area (Å²) < 4.78 is 13.7. The number of aromatic amines is 1. The van der Waals surface area contributed by atoms with E-state index in [9.17, 15) is 14.0 Å². The third-order valence-corrected chi connectivity index (χ3v) is 4.57. The van der Waals surface area contributed by atoms with Gasteiger partial charge in [-0.25, -0.2) is 4.39 Å². The van der Waals surface area contributed by atoms with E-state index < -0.39 is 5.82 Å². The Bertz CT molecular complexity index is 1020. The van der Waals surface area contributed by atoms with Crippen molar-refractivity contribution < 1.29 is 14.0 Å². The van der Waals surface area contributed by atoms with Crippen LogP contribution in [0.3, 0.4) is 0 Å². The van der Waals surface area contributed by atoms with Gasteiger partial charge in [0.1, 0.15) is 11.5 Å². The normalized spacial score (nSPS) is 11.7. The second-order valence-electron chi connectivity index (χ2n) is 6.77. The van der Waals surface area contributed by atoms with Gasteiger partial charge in [0.2, 0.25) is 5.91 Å². The van der Waals surface area contributed by atoms with E-state index >= 15 is 0 Å². The fourth-order valence-corrected chi connectivity index (χ4v) is 2.92.